The van der Waals surface area contributed by atoms with Crippen LogP contribution in [0.25, 0.3) is 73.4 Å². The van der Waals surface area contributed by atoms with Gasteiger partial charge in [0.2, 0.25) is 0 Å². The van der Waals surface area contributed by atoms with Gasteiger partial charge in [0.15, 0.2) is 0 Å². The fourth-order valence-corrected chi connectivity index (χ4v) is 11.8. The van der Waals surface area contributed by atoms with Crippen LogP contribution in [-0.2, 0) is 0 Å². The second-order valence-electron chi connectivity index (χ2n) is 15.0. The number of rotatable bonds is 6. The summed E-state index contributed by atoms with van der Waals surface area (Å²) in [7, 11) is 0. The van der Waals surface area contributed by atoms with Gasteiger partial charge in [0.1, 0.15) is 0 Å². The molecule has 3 heteroatoms. The molecule has 2 heterocycles. The molecule has 1 aliphatic rings. The summed E-state index contributed by atoms with van der Waals surface area (Å²) in [5.41, 5.74) is 10.1. The highest BCUT2D eigenvalue weighted by molar-refractivity contribution is 7.26. The molecule has 0 unspecified atom stereocenters. The summed E-state index contributed by atoms with van der Waals surface area (Å²) in [6.45, 7) is 0. The van der Waals surface area contributed by atoms with Crippen molar-refractivity contribution in [3.63, 3.8) is 0 Å². The van der Waals surface area contributed by atoms with Gasteiger partial charge in [-0.1, -0.05) is 147 Å². The highest BCUT2D eigenvalue weighted by Gasteiger charge is 2.23. The smallest absolute Gasteiger partial charge is 0.0640 e. The van der Waals surface area contributed by atoms with Crippen LogP contribution in [-0.4, -0.2) is 0 Å². The average molecular weight is 742 g/mol. The Bertz CT molecular complexity index is 3010. The van der Waals surface area contributed by atoms with E-state index in [4.69, 9.17) is 0 Å². The Balaban J connectivity index is 1.07. The molecule has 0 amide bonds. The molecular formula is C52H39NS2. The second-order valence-corrected chi connectivity index (χ2v) is 17.2. The molecule has 264 valence electrons. The zero-order valence-corrected chi connectivity index (χ0v) is 32.2. The highest BCUT2D eigenvalue weighted by atomic mass is 32.1. The Hall–Kier alpha value is -5.74. The summed E-state index contributed by atoms with van der Waals surface area (Å²) >= 11 is 3.87. The predicted molar refractivity (Wildman–Crippen MR) is 241 cm³/mol. The van der Waals surface area contributed by atoms with E-state index >= 15 is 0 Å². The van der Waals surface area contributed by atoms with E-state index in [0.29, 0.717) is 5.92 Å². The molecule has 1 aliphatic carbocycles. The molecular weight excluding hydrogens is 703 g/mol. The van der Waals surface area contributed by atoms with Gasteiger partial charge in [0.25, 0.3) is 0 Å². The van der Waals surface area contributed by atoms with Gasteiger partial charge < -0.3 is 4.90 Å². The Morgan fingerprint density at radius 1 is 0.418 bits per heavy atom. The minimum absolute atomic E-state index is 0.657. The lowest BCUT2D eigenvalue weighted by Crippen LogP contribution is -2.10. The van der Waals surface area contributed by atoms with Crippen LogP contribution in [0.3, 0.4) is 0 Å². The Morgan fingerprint density at radius 3 is 1.80 bits per heavy atom. The Kier molecular flexibility index (Phi) is 8.04. The normalized spacial score (nSPS) is 13.7. The van der Waals surface area contributed by atoms with Crippen molar-refractivity contribution in [2.75, 3.05) is 4.90 Å². The van der Waals surface area contributed by atoms with Crippen LogP contribution in [0.1, 0.15) is 43.6 Å². The Labute approximate surface area is 329 Å². The van der Waals surface area contributed by atoms with Crippen molar-refractivity contribution in [1.29, 1.82) is 0 Å². The molecule has 0 atom stereocenters. The van der Waals surface area contributed by atoms with Crippen molar-refractivity contribution < 1.29 is 0 Å². The molecule has 0 spiro atoms. The average Bonchev–Trinajstić information content (AvgIpc) is 3.84. The molecule has 11 rings (SSSR count). The summed E-state index contributed by atoms with van der Waals surface area (Å²) in [6, 6.07) is 63.3. The maximum absolute atomic E-state index is 2.48. The second kappa shape index (κ2) is 13.5. The maximum atomic E-state index is 2.48. The highest BCUT2D eigenvalue weighted by Crippen LogP contribution is 2.48. The first-order chi connectivity index (χ1) is 27.3. The lowest BCUT2D eigenvalue weighted by atomic mass is 9.84. The van der Waals surface area contributed by atoms with Crippen molar-refractivity contribution in [3.05, 3.63) is 175 Å². The molecule has 2 aromatic heterocycles. The van der Waals surface area contributed by atoms with Crippen molar-refractivity contribution in [3.8, 4) is 22.3 Å². The topological polar surface area (TPSA) is 3.24 Å². The molecule has 0 saturated heterocycles. The van der Waals surface area contributed by atoms with Crippen molar-refractivity contribution in [2.45, 2.75) is 38.0 Å². The van der Waals surface area contributed by atoms with Gasteiger partial charge in [-0.05, 0) is 99.8 Å². The number of hydrogen-bond acceptors (Lipinski definition) is 3. The SMILES string of the molecule is c1ccc2c(-c3ccc(N(c4ccc(-c5cccc6sc7ccccc7c56)cc4)c4cccc5c4sc4c(C6CCCCC6)cccc45)cc3)cccc2c1. The summed E-state index contributed by atoms with van der Waals surface area (Å²) in [5.74, 6) is 0.657. The predicted octanol–water partition coefficient (Wildman–Crippen LogP) is 16.4. The monoisotopic (exact) mass is 741 g/mol. The third kappa shape index (κ3) is 5.56. The number of thiophene rings is 2. The van der Waals surface area contributed by atoms with E-state index in [1.165, 1.54) is 111 Å². The fraction of sp³-hybridized carbons (Fsp3) is 0.115. The number of nitrogens with zero attached hydrogens (tertiary/aromatic N) is 1. The van der Waals surface area contributed by atoms with Crippen LogP contribution >= 0.6 is 22.7 Å². The van der Waals surface area contributed by atoms with Crippen LogP contribution in [0.2, 0.25) is 0 Å². The molecule has 1 saturated carbocycles. The van der Waals surface area contributed by atoms with Gasteiger partial charge in [-0.15, -0.1) is 22.7 Å². The van der Waals surface area contributed by atoms with Gasteiger partial charge >= 0.3 is 0 Å². The lowest BCUT2D eigenvalue weighted by molar-refractivity contribution is 0.446. The Morgan fingerprint density at radius 2 is 1.00 bits per heavy atom. The van der Waals surface area contributed by atoms with Crippen LogP contribution in [0.15, 0.2) is 170 Å². The van der Waals surface area contributed by atoms with Crippen LogP contribution < -0.4 is 4.90 Å². The van der Waals surface area contributed by atoms with E-state index in [-0.39, 0.29) is 0 Å². The largest absolute Gasteiger partial charge is 0.309 e. The minimum Gasteiger partial charge on any atom is -0.309 e. The van der Waals surface area contributed by atoms with Crippen LogP contribution in [0.5, 0.6) is 0 Å². The maximum Gasteiger partial charge on any atom is 0.0640 e. The van der Waals surface area contributed by atoms with Gasteiger partial charge in [0, 0.05) is 47.0 Å². The molecule has 8 aromatic carbocycles. The van der Waals surface area contributed by atoms with Gasteiger partial charge in [-0.3, -0.25) is 0 Å². The molecule has 0 aliphatic heterocycles. The molecule has 0 bridgehead atoms. The van der Waals surface area contributed by atoms with E-state index in [1.807, 2.05) is 22.7 Å². The zero-order valence-electron chi connectivity index (χ0n) is 30.5. The molecule has 0 radical (unpaired) electrons. The summed E-state index contributed by atoms with van der Waals surface area (Å²) in [6.07, 6.45) is 6.65. The van der Waals surface area contributed by atoms with E-state index in [2.05, 4.69) is 175 Å². The quantitative estimate of drug-likeness (QED) is 0.164. The molecule has 55 heavy (non-hydrogen) atoms. The molecule has 1 fully saturated rings. The van der Waals surface area contributed by atoms with Gasteiger partial charge in [-0.2, -0.15) is 0 Å². The zero-order chi connectivity index (χ0) is 36.3. The van der Waals surface area contributed by atoms with Crippen molar-refractivity contribution in [1.82, 2.24) is 0 Å². The van der Waals surface area contributed by atoms with Gasteiger partial charge in [0.05, 0.1) is 10.4 Å². The summed E-state index contributed by atoms with van der Waals surface area (Å²) in [4.78, 5) is 2.48. The van der Waals surface area contributed by atoms with Crippen molar-refractivity contribution >= 4 is 90.9 Å². The van der Waals surface area contributed by atoms with E-state index < -0.39 is 0 Å². The number of fused-ring (bicyclic) bond motifs is 7. The first-order valence-corrected chi connectivity index (χ1v) is 21.2. The van der Waals surface area contributed by atoms with E-state index in [1.54, 1.807) is 5.56 Å². The van der Waals surface area contributed by atoms with Gasteiger partial charge in [-0.25, -0.2) is 0 Å². The summed E-state index contributed by atoms with van der Waals surface area (Å²) in [5, 5.41) is 7.96. The standard InChI is InChI=1S/C52H39NS2/c1-2-12-35(13-3-1)43-20-9-21-44-45-22-10-23-47(52(45)55-51(43)44)53(38-30-26-36(27-31-38)41-18-8-15-34-14-4-5-16-40(34)41)39-32-28-37(29-33-39)42-19-11-25-49-50(42)46-17-6-7-24-48(46)54-49/h4-11,14-33,35H,1-3,12-13H2. The fourth-order valence-electron chi connectivity index (χ4n) is 9.24. The number of anilines is 3. The van der Waals surface area contributed by atoms with Crippen LogP contribution in [0, 0.1) is 0 Å². The van der Waals surface area contributed by atoms with E-state index in [0.717, 1.165) is 11.4 Å². The number of hydrogen-bond donors (Lipinski definition) is 0. The first-order valence-electron chi connectivity index (χ1n) is 19.6. The van der Waals surface area contributed by atoms with Crippen LogP contribution in [0.4, 0.5) is 17.1 Å². The van der Waals surface area contributed by atoms with E-state index in [9.17, 15) is 0 Å². The molecule has 1 nitrogen and oxygen atoms in total. The van der Waals surface area contributed by atoms with Crippen molar-refractivity contribution in [2.24, 2.45) is 0 Å². The first kappa shape index (κ1) is 32.7. The third-order valence-electron chi connectivity index (χ3n) is 11.9. The lowest BCUT2D eigenvalue weighted by Gasteiger charge is -2.26. The molecule has 0 N–H and O–H groups in total. The third-order valence-corrected chi connectivity index (χ3v) is 14.3. The minimum atomic E-state index is 0.657. The number of benzene rings is 8. The molecule has 10 aromatic rings. The summed E-state index contributed by atoms with van der Waals surface area (Å²) < 4.78 is 5.48.